The lowest BCUT2D eigenvalue weighted by molar-refractivity contribution is -0.196. The second-order valence-electron chi connectivity index (χ2n) is 5.47. The van der Waals surface area contributed by atoms with E-state index in [0.717, 1.165) is 4.90 Å². The zero-order chi connectivity index (χ0) is 16.3. The van der Waals surface area contributed by atoms with Crippen LogP contribution in [0.3, 0.4) is 0 Å². The molecule has 7 heteroatoms. The van der Waals surface area contributed by atoms with Gasteiger partial charge in [-0.1, -0.05) is 12.1 Å². The molecule has 2 atom stereocenters. The minimum atomic E-state index is -4.43. The number of amides is 1. The number of nitrogens with zero attached hydrogens (tertiary/aromatic N) is 1. The Bertz CT molecular complexity index is 534. The minimum Gasteiger partial charge on any atom is -0.497 e. The first-order valence-electron chi connectivity index (χ1n) is 7.06. The molecule has 0 aliphatic carbocycles. The predicted octanol–water partition coefficient (Wildman–Crippen LogP) is 2.12. The molecule has 1 amide bonds. The molecular formula is C15H19F3N2O2. The number of halogens is 3. The van der Waals surface area contributed by atoms with Crippen molar-refractivity contribution >= 4 is 5.91 Å². The molecule has 0 saturated carbocycles. The smallest absolute Gasteiger partial charge is 0.408 e. The maximum absolute atomic E-state index is 13.1. The second-order valence-corrected chi connectivity index (χ2v) is 5.47. The number of alkyl halides is 3. The molecule has 1 aromatic carbocycles. The summed E-state index contributed by atoms with van der Waals surface area (Å²) in [5, 5.41) is 0. The lowest BCUT2D eigenvalue weighted by atomic mass is 9.97. The standard InChI is InChI=1S/C15H19F3N2O2/c1-22-12-4-2-3-10(7-12)8-14(21)20-9-11(19)5-6-13(20)15(16,17)18/h2-4,7,11,13H,5-6,8-9,19H2,1H3. The number of piperidine rings is 1. The second kappa shape index (κ2) is 6.56. The molecule has 2 rings (SSSR count). The van der Waals surface area contributed by atoms with Crippen molar-refractivity contribution in [1.82, 2.24) is 4.90 Å². The van der Waals surface area contributed by atoms with Gasteiger partial charge in [-0.15, -0.1) is 0 Å². The summed E-state index contributed by atoms with van der Waals surface area (Å²) in [5.41, 5.74) is 6.34. The summed E-state index contributed by atoms with van der Waals surface area (Å²) < 4.78 is 44.3. The molecule has 1 aliphatic heterocycles. The molecule has 1 aromatic rings. The number of likely N-dealkylation sites (tertiary alicyclic amines) is 1. The number of benzene rings is 1. The predicted molar refractivity (Wildman–Crippen MR) is 75.5 cm³/mol. The molecular weight excluding hydrogens is 297 g/mol. The van der Waals surface area contributed by atoms with Gasteiger partial charge >= 0.3 is 6.18 Å². The molecule has 122 valence electrons. The summed E-state index contributed by atoms with van der Waals surface area (Å²) in [7, 11) is 1.49. The molecule has 0 bridgehead atoms. The molecule has 1 heterocycles. The van der Waals surface area contributed by atoms with Crippen LogP contribution in [0.2, 0.25) is 0 Å². The van der Waals surface area contributed by atoms with Crippen LogP contribution in [-0.2, 0) is 11.2 Å². The molecule has 22 heavy (non-hydrogen) atoms. The van der Waals surface area contributed by atoms with Crippen molar-refractivity contribution in [3.8, 4) is 5.75 Å². The van der Waals surface area contributed by atoms with Crippen molar-refractivity contribution in [3.63, 3.8) is 0 Å². The molecule has 0 aromatic heterocycles. The Balaban J connectivity index is 2.14. The van der Waals surface area contributed by atoms with Crippen molar-refractivity contribution < 1.29 is 22.7 Å². The SMILES string of the molecule is COc1cccc(CC(=O)N2CC(N)CCC2C(F)(F)F)c1. The maximum atomic E-state index is 13.1. The number of carbonyl (C=O) groups is 1. The maximum Gasteiger partial charge on any atom is 0.408 e. The normalized spacial score (nSPS) is 22.5. The van der Waals surface area contributed by atoms with Crippen LogP contribution in [0.15, 0.2) is 24.3 Å². The number of ether oxygens (including phenoxy) is 1. The fourth-order valence-electron chi connectivity index (χ4n) is 2.67. The van der Waals surface area contributed by atoms with E-state index in [1.165, 1.54) is 7.11 Å². The van der Waals surface area contributed by atoms with Gasteiger partial charge in [0.2, 0.25) is 5.91 Å². The van der Waals surface area contributed by atoms with E-state index in [0.29, 0.717) is 11.3 Å². The van der Waals surface area contributed by atoms with Gasteiger partial charge in [-0.25, -0.2) is 0 Å². The van der Waals surface area contributed by atoms with Gasteiger partial charge in [0.25, 0.3) is 0 Å². The summed E-state index contributed by atoms with van der Waals surface area (Å²) >= 11 is 0. The largest absolute Gasteiger partial charge is 0.497 e. The zero-order valence-corrected chi connectivity index (χ0v) is 12.3. The topological polar surface area (TPSA) is 55.6 Å². The Labute approximate surface area is 127 Å². The van der Waals surface area contributed by atoms with Crippen LogP contribution in [0.5, 0.6) is 5.75 Å². The molecule has 0 radical (unpaired) electrons. The average molecular weight is 316 g/mol. The highest BCUT2D eigenvalue weighted by atomic mass is 19.4. The van der Waals surface area contributed by atoms with Gasteiger partial charge in [-0.05, 0) is 30.5 Å². The monoisotopic (exact) mass is 316 g/mol. The third kappa shape index (κ3) is 3.91. The Morgan fingerprint density at radius 1 is 1.41 bits per heavy atom. The summed E-state index contributed by atoms with van der Waals surface area (Å²) in [6, 6.07) is 4.59. The van der Waals surface area contributed by atoms with Gasteiger partial charge < -0.3 is 15.4 Å². The molecule has 1 fully saturated rings. The van der Waals surface area contributed by atoms with E-state index in [-0.39, 0.29) is 25.8 Å². The van der Waals surface area contributed by atoms with Crippen molar-refractivity contribution in [2.24, 2.45) is 5.73 Å². The number of hydrogen-bond acceptors (Lipinski definition) is 3. The Kier molecular flexibility index (Phi) is 4.95. The van der Waals surface area contributed by atoms with Gasteiger partial charge in [0.1, 0.15) is 11.8 Å². The highest BCUT2D eigenvalue weighted by Crippen LogP contribution is 2.32. The van der Waals surface area contributed by atoms with E-state index in [1.807, 2.05) is 0 Å². The Morgan fingerprint density at radius 3 is 2.77 bits per heavy atom. The Morgan fingerprint density at radius 2 is 2.14 bits per heavy atom. The minimum absolute atomic E-state index is 0.0625. The van der Waals surface area contributed by atoms with Crippen molar-refractivity contribution in [2.45, 2.75) is 37.5 Å². The number of carbonyl (C=O) groups excluding carboxylic acids is 1. The van der Waals surface area contributed by atoms with Crippen LogP contribution in [-0.4, -0.2) is 42.7 Å². The lowest BCUT2D eigenvalue weighted by Gasteiger charge is -2.39. The van der Waals surface area contributed by atoms with Gasteiger partial charge in [0.15, 0.2) is 0 Å². The molecule has 1 aliphatic rings. The number of methoxy groups -OCH3 is 1. The van der Waals surface area contributed by atoms with Crippen molar-refractivity contribution in [1.29, 1.82) is 0 Å². The first kappa shape index (κ1) is 16.6. The summed E-state index contributed by atoms with van der Waals surface area (Å²) in [6.45, 7) is -0.0625. The molecule has 2 unspecified atom stereocenters. The third-order valence-electron chi connectivity index (χ3n) is 3.81. The quantitative estimate of drug-likeness (QED) is 0.929. The first-order valence-corrected chi connectivity index (χ1v) is 7.06. The molecule has 4 nitrogen and oxygen atoms in total. The zero-order valence-electron chi connectivity index (χ0n) is 12.3. The van der Waals surface area contributed by atoms with Crippen molar-refractivity contribution in [2.75, 3.05) is 13.7 Å². The van der Waals surface area contributed by atoms with E-state index in [2.05, 4.69) is 0 Å². The van der Waals surface area contributed by atoms with Gasteiger partial charge in [-0.2, -0.15) is 13.2 Å². The van der Waals surface area contributed by atoms with E-state index >= 15 is 0 Å². The molecule has 0 spiro atoms. The van der Waals surface area contributed by atoms with Crippen LogP contribution < -0.4 is 10.5 Å². The molecule has 1 saturated heterocycles. The summed E-state index contributed by atoms with van der Waals surface area (Å²) in [4.78, 5) is 13.2. The summed E-state index contributed by atoms with van der Waals surface area (Å²) in [5.74, 6) is -0.00116. The van der Waals surface area contributed by atoms with Crippen molar-refractivity contribution in [3.05, 3.63) is 29.8 Å². The third-order valence-corrected chi connectivity index (χ3v) is 3.81. The van der Waals surface area contributed by atoms with E-state index in [9.17, 15) is 18.0 Å². The van der Waals surface area contributed by atoms with Crippen LogP contribution in [0.25, 0.3) is 0 Å². The number of hydrogen-bond donors (Lipinski definition) is 1. The van der Waals surface area contributed by atoms with E-state index in [4.69, 9.17) is 10.5 Å². The van der Waals surface area contributed by atoms with Gasteiger partial charge in [-0.3, -0.25) is 4.79 Å². The number of nitrogens with two attached hydrogens (primary N) is 1. The summed E-state index contributed by atoms with van der Waals surface area (Å²) in [6.07, 6.45) is -4.40. The van der Waals surface area contributed by atoms with Gasteiger partial charge in [0, 0.05) is 12.6 Å². The molecule has 2 N–H and O–H groups in total. The average Bonchev–Trinajstić information content (AvgIpc) is 2.46. The highest BCUT2D eigenvalue weighted by Gasteiger charge is 2.47. The number of rotatable bonds is 3. The van der Waals surface area contributed by atoms with Crippen LogP contribution in [0.4, 0.5) is 13.2 Å². The van der Waals surface area contributed by atoms with Crippen LogP contribution in [0, 0.1) is 0 Å². The Hall–Kier alpha value is -1.76. The first-order chi connectivity index (χ1) is 10.3. The highest BCUT2D eigenvalue weighted by molar-refractivity contribution is 5.79. The van der Waals surface area contributed by atoms with Crippen LogP contribution in [0.1, 0.15) is 18.4 Å². The van der Waals surface area contributed by atoms with Gasteiger partial charge in [0.05, 0.1) is 13.5 Å². The van der Waals surface area contributed by atoms with E-state index in [1.54, 1.807) is 24.3 Å². The lowest BCUT2D eigenvalue weighted by Crippen LogP contribution is -2.57. The fourth-order valence-corrected chi connectivity index (χ4v) is 2.67. The van der Waals surface area contributed by atoms with E-state index < -0.39 is 24.2 Å². The fraction of sp³-hybridized carbons (Fsp3) is 0.533. The van der Waals surface area contributed by atoms with Crippen LogP contribution >= 0.6 is 0 Å².